The molecule has 4 nitrogen and oxygen atoms in total. The highest BCUT2D eigenvalue weighted by Gasteiger charge is 2.61. The van der Waals surface area contributed by atoms with E-state index in [9.17, 15) is 4.79 Å². The number of piperazine rings is 1. The Balaban J connectivity index is 1.37. The van der Waals surface area contributed by atoms with Gasteiger partial charge in [-0.15, -0.1) is 11.3 Å². The van der Waals surface area contributed by atoms with Crippen LogP contribution < -0.4 is 4.90 Å². The van der Waals surface area contributed by atoms with Gasteiger partial charge in [0.2, 0.25) is 5.91 Å². The summed E-state index contributed by atoms with van der Waals surface area (Å²) < 4.78 is 0. The molecular formula is C23H29N3OS. The molecule has 1 aromatic carbocycles. The number of aromatic nitrogens is 1. The largest absolute Gasteiger partial charge is 0.345 e. The fourth-order valence-corrected chi connectivity index (χ4v) is 5.17. The van der Waals surface area contributed by atoms with Gasteiger partial charge < -0.3 is 9.80 Å². The molecule has 28 heavy (non-hydrogen) atoms. The number of amides is 1. The molecule has 1 aromatic heterocycles. The van der Waals surface area contributed by atoms with Crippen LogP contribution in [0.1, 0.15) is 27.7 Å². The first-order valence-electron chi connectivity index (χ1n) is 10.1. The summed E-state index contributed by atoms with van der Waals surface area (Å²) in [6, 6.07) is 10.3. The second-order valence-corrected chi connectivity index (χ2v) is 9.60. The lowest BCUT2D eigenvalue weighted by Crippen LogP contribution is -2.49. The summed E-state index contributed by atoms with van der Waals surface area (Å²) in [5.74, 6) is 0.852. The topological polar surface area (TPSA) is 36.4 Å². The molecule has 1 aliphatic heterocycles. The second-order valence-electron chi connectivity index (χ2n) is 8.76. The van der Waals surface area contributed by atoms with Crippen LogP contribution in [0.2, 0.25) is 0 Å². The Labute approximate surface area is 171 Å². The van der Waals surface area contributed by atoms with Crippen molar-refractivity contribution in [2.24, 2.45) is 17.3 Å². The highest BCUT2D eigenvalue weighted by molar-refractivity contribution is 7.14. The van der Waals surface area contributed by atoms with Gasteiger partial charge in [0.05, 0.1) is 11.6 Å². The number of hydrogen-bond donors (Lipinski definition) is 0. The van der Waals surface area contributed by atoms with Gasteiger partial charge in [0.1, 0.15) is 0 Å². The second kappa shape index (κ2) is 7.36. The number of carbonyl (C=O) groups is 1. The van der Waals surface area contributed by atoms with E-state index in [0.717, 1.165) is 42.6 Å². The fraction of sp³-hybridized carbons (Fsp3) is 0.478. The quantitative estimate of drug-likeness (QED) is 0.704. The van der Waals surface area contributed by atoms with Gasteiger partial charge in [0.15, 0.2) is 5.13 Å². The molecule has 5 heteroatoms. The molecular weight excluding hydrogens is 366 g/mol. The van der Waals surface area contributed by atoms with E-state index in [1.54, 1.807) is 11.3 Å². The van der Waals surface area contributed by atoms with Crippen molar-refractivity contribution in [2.75, 3.05) is 31.1 Å². The summed E-state index contributed by atoms with van der Waals surface area (Å²) in [7, 11) is 0. The predicted molar refractivity (Wildman–Crippen MR) is 117 cm³/mol. The van der Waals surface area contributed by atoms with Gasteiger partial charge in [-0.05, 0) is 25.2 Å². The van der Waals surface area contributed by atoms with Gasteiger partial charge in [-0.2, -0.15) is 0 Å². The van der Waals surface area contributed by atoms with Crippen LogP contribution in [0.4, 0.5) is 5.13 Å². The number of hydrogen-bond acceptors (Lipinski definition) is 4. The Morgan fingerprint density at radius 2 is 1.82 bits per heavy atom. The summed E-state index contributed by atoms with van der Waals surface area (Å²) in [4.78, 5) is 22.3. The summed E-state index contributed by atoms with van der Waals surface area (Å²) in [6.45, 7) is 12.0. The standard InChI is InChI=1S/C23H29N3OS/c1-16(2)14-18-20(23(18,3)4)21(27)25-10-12-26(13-11-25)22-24-19(15-28-22)17-8-6-5-7-9-17/h5-9,14-15,18,20H,10-13H2,1-4H3/t18-,20+/m1/s1. The third-order valence-electron chi connectivity index (χ3n) is 6.11. The zero-order valence-corrected chi connectivity index (χ0v) is 18.0. The van der Waals surface area contributed by atoms with Crippen molar-refractivity contribution in [3.8, 4) is 11.3 Å². The minimum absolute atomic E-state index is 0.0887. The van der Waals surface area contributed by atoms with Crippen LogP contribution in [-0.4, -0.2) is 42.0 Å². The first-order chi connectivity index (χ1) is 13.4. The number of carbonyl (C=O) groups excluding carboxylic acids is 1. The number of benzene rings is 1. The van der Waals surface area contributed by atoms with E-state index in [1.807, 2.05) is 18.2 Å². The molecule has 0 spiro atoms. The monoisotopic (exact) mass is 395 g/mol. The summed E-state index contributed by atoms with van der Waals surface area (Å²) >= 11 is 1.69. The van der Waals surface area contributed by atoms with Crippen LogP contribution in [0.3, 0.4) is 0 Å². The molecule has 4 rings (SSSR count). The van der Waals surface area contributed by atoms with Crippen molar-refractivity contribution in [3.63, 3.8) is 0 Å². The van der Waals surface area contributed by atoms with E-state index in [2.05, 4.69) is 61.1 Å². The van der Waals surface area contributed by atoms with E-state index in [0.29, 0.717) is 11.8 Å². The molecule has 148 valence electrons. The zero-order chi connectivity index (χ0) is 19.9. The minimum Gasteiger partial charge on any atom is -0.345 e. The van der Waals surface area contributed by atoms with Crippen LogP contribution in [0, 0.1) is 17.3 Å². The van der Waals surface area contributed by atoms with Gasteiger partial charge in [-0.3, -0.25) is 4.79 Å². The van der Waals surface area contributed by atoms with Crippen LogP contribution in [-0.2, 0) is 4.79 Å². The summed E-state index contributed by atoms with van der Waals surface area (Å²) in [5.41, 5.74) is 3.57. The van der Waals surface area contributed by atoms with Gasteiger partial charge in [0, 0.05) is 37.1 Å². The number of thiazole rings is 1. The van der Waals surface area contributed by atoms with E-state index >= 15 is 0 Å². The van der Waals surface area contributed by atoms with Crippen molar-refractivity contribution < 1.29 is 4.79 Å². The molecule has 1 saturated carbocycles. The summed E-state index contributed by atoms with van der Waals surface area (Å²) in [6.07, 6.45) is 2.28. The third-order valence-corrected chi connectivity index (χ3v) is 7.01. The molecule has 0 N–H and O–H groups in total. The van der Waals surface area contributed by atoms with Gasteiger partial charge in [-0.25, -0.2) is 4.98 Å². The van der Waals surface area contributed by atoms with Crippen molar-refractivity contribution in [1.82, 2.24) is 9.88 Å². The maximum atomic E-state index is 13.1. The van der Waals surface area contributed by atoms with Crippen LogP contribution in [0.5, 0.6) is 0 Å². The zero-order valence-electron chi connectivity index (χ0n) is 17.2. The molecule has 1 aliphatic carbocycles. The van der Waals surface area contributed by atoms with Crippen LogP contribution in [0.15, 0.2) is 47.4 Å². The average Bonchev–Trinajstić information content (AvgIpc) is 3.03. The molecule has 2 aliphatic rings. The minimum atomic E-state index is 0.0887. The maximum absolute atomic E-state index is 13.1. The fourth-order valence-electron chi connectivity index (χ4n) is 4.29. The first kappa shape index (κ1) is 19.2. The van der Waals surface area contributed by atoms with Crippen LogP contribution in [0.25, 0.3) is 11.3 Å². The van der Waals surface area contributed by atoms with Gasteiger partial charge >= 0.3 is 0 Å². The Bertz CT molecular complexity index is 874. The van der Waals surface area contributed by atoms with Crippen molar-refractivity contribution in [2.45, 2.75) is 27.7 Å². The van der Waals surface area contributed by atoms with E-state index in [1.165, 1.54) is 5.57 Å². The molecule has 2 aromatic rings. The molecule has 2 atom stereocenters. The molecule has 1 saturated heterocycles. The molecule has 0 unspecified atom stereocenters. The first-order valence-corrected chi connectivity index (χ1v) is 11.0. The third kappa shape index (κ3) is 3.60. The van der Waals surface area contributed by atoms with E-state index in [4.69, 9.17) is 4.98 Å². The van der Waals surface area contributed by atoms with Crippen molar-refractivity contribution in [1.29, 1.82) is 0 Å². The Morgan fingerprint density at radius 3 is 2.46 bits per heavy atom. The molecule has 0 bridgehead atoms. The molecule has 0 radical (unpaired) electrons. The lowest BCUT2D eigenvalue weighted by atomic mass is 10.1. The van der Waals surface area contributed by atoms with Crippen molar-refractivity contribution >= 4 is 22.4 Å². The van der Waals surface area contributed by atoms with Crippen molar-refractivity contribution in [3.05, 3.63) is 47.4 Å². The van der Waals surface area contributed by atoms with E-state index < -0.39 is 0 Å². The number of rotatable bonds is 4. The predicted octanol–water partition coefficient (Wildman–Crippen LogP) is 4.70. The maximum Gasteiger partial charge on any atom is 0.226 e. The average molecular weight is 396 g/mol. The Hall–Kier alpha value is -2.14. The Morgan fingerprint density at radius 1 is 1.14 bits per heavy atom. The van der Waals surface area contributed by atoms with Gasteiger partial charge in [0.25, 0.3) is 0 Å². The number of allylic oxidation sites excluding steroid dienone is 2. The number of anilines is 1. The molecule has 2 heterocycles. The smallest absolute Gasteiger partial charge is 0.226 e. The highest BCUT2D eigenvalue weighted by atomic mass is 32.1. The lowest BCUT2D eigenvalue weighted by Gasteiger charge is -2.35. The Kier molecular flexibility index (Phi) is 5.04. The van der Waals surface area contributed by atoms with Gasteiger partial charge in [-0.1, -0.05) is 55.8 Å². The highest BCUT2D eigenvalue weighted by Crippen LogP contribution is 2.60. The van der Waals surface area contributed by atoms with E-state index in [-0.39, 0.29) is 11.3 Å². The normalized spacial score (nSPS) is 23.4. The SMILES string of the molecule is CC(C)=C[C@@H]1[C@@H](C(=O)N2CCN(c3nc(-c4ccccc4)cs3)CC2)C1(C)C. The molecule has 2 fully saturated rings. The van der Waals surface area contributed by atoms with Crippen LogP contribution >= 0.6 is 11.3 Å². The lowest BCUT2D eigenvalue weighted by molar-refractivity contribution is -0.133. The molecule has 1 amide bonds. The number of nitrogens with zero attached hydrogens (tertiary/aromatic N) is 3. The summed E-state index contributed by atoms with van der Waals surface area (Å²) in [5, 5.41) is 3.18.